The van der Waals surface area contributed by atoms with Gasteiger partial charge in [-0.3, -0.25) is 4.79 Å². The molecule has 0 aromatic heterocycles. The van der Waals surface area contributed by atoms with Crippen molar-refractivity contribution in [1.29, 1.82) is 5.26 Å². The van der Waals surface area contributed by atoms with Crippen LogP contribution in [0.2, 0.25) is 0 Å². The lowest BCUT2D eigenvalue weighted by atomic mass is 10.1. The zero-order chi connectivity index (χ0) is 21.9. The monoisotopic (exact) mass is 411 g/mol. The Morgan fingerprint density at radius 3 is 2.07 bits per heavy atom. The van der Waals surface area contributed by atoms with Crippen molar-refractivity contribution in [2.24, 2.45) is 17.3 Å². The normalized spacial score (nSPS) is 20.6. The quantitative estimate of drug-likeness (QED) is 0.214. The number of ether oxygens (including phenoxy) is 2. The van der Waals surface area contributed by atoms with Gasteiger partial charge in [-0.05, 0) is 24.3 Å². The molecule has 156 valence electrons. The number of methoxy groups -OCH3 is 1. The molecule has 2 rings (SSSR count). The number of hydrogen-bond acceptors (Lipinski definition) is 4. The highest BCUT2D eigenvalue weighted by molar-refractivity contribution is 5.78. The summed E-state index contributed by atoms with van der Waals surface area (Å²) in [4.78, 5) is 12.4. The second-order valence-electron chi connectivity index (χ2n) is 7.31. The second-order valence-corrected chi connectivity index (χ2v) is 7.31. The van der Waals surface area contributed by atoms with Crippen molar-refractivity contribution in [3.8, 4) is 6.07 Å². The van der Waals surface area contributed by atoms with Gasteiger partial charge in [0.15, 0.2) is 23.3 Å². The summed E-state index contributed by atoms with van der Waals surface area (Å²) in [5, 5.41) is 9.11. The van der Waals surface area contributed by atoms with Crippen LogP contribution in [0.4, 0.5) is 17.6 Å². The Balaban J connectivity index is 2.19. The molecular formula is C21H21F4NO3. The van der Waals surface area contributed by atoms with E-state index in [0.29, 0.717) is 5.57 Å². The summed E-state index contributed by atoms with van der Waals surface area (Å²) in [5.74, 6) is -8.17. The summed E-state index contributed by atoms with van der Waals surface area (Å²) in [7, 11) is 1.13. The Labute approximate surface area is 166 Å². The van der Waals surface area contributed by atoms with Crippen molar-refractivity contribution in [2.45, 2.75) is 34.0 Å². The molecule has 0 bridgehead atoms. The molecule has 2 atom stereocenters. The molecule has 0 unspecified atom stereocenters. The number of carbonyl (C=O) groups is 1. The average molecular weight is 411 g/mol. The van der Waals surface area contributed by atoms with Crippen LogP contribution in [0.25, 0.3) is 0 Å². The van der Waals surface area contributed by atoms with Crippen molar-refractivity contribution < 1.29 is 31.8 Å². The third-order valence-electron chi connectivity index (χ3n) is 5.09. The predicted molar refractivity (Wildman–Crippen MR) is 96.1 cm³/mol. The number of benzene rings is 1. The smallest absolute Gasteiger partial charge is 0.310 e. The van der Waals surface area contributed by atoms with Crippen molar-refractivity contribution in [3.63, 3.8) is 0 Å². The molecule has 1 aliphatic carbocycles. The Morgan fingerprint density at radius 1 is 1.10 bits per heavy atom. The van der Waals surface area contributed by atoms with Crippen molar-refractivity contribution >= 4 is 5.97 Å². The zero-order valence-electron chi connectivity index (χ0n) is 16.5. The summed E-state index contributed by atoms with van der Waals surface area (Å²) in [6, 6.07) is 2.00. The minimum atomic E-state index is -1.63. The van der Waals surface area contributed by atoms with Crippen LogP contribution in [0.5, 0.6) is 0 Å². The van der Waals surface area contributed by atoms with E-state index in [0.717, 1.165) is 7.11 Å². The van der Waals surface area contributed by atoms with E-state index in [-0.39, 0.29) is 5.92 Å². The molecule has 0 spiro atoms. The van der Waals surface area contributed by atoms with Crippen molar-refractivity contribution in [3.05, 3.63) is 58.2 Å². The number of rotatable bonds is 7. The van der Waals surface area contributed by atoms with E-state index in [4.69, 9.17) is 10.00 Å². The fourth-order valence-corrected chi connectivity index (χ4v) is 3.30. The average Bonchev–Trinajstić information content (AvgIpc) is 3.22. The van der Waals surface area contributed by atoms with E-state index in [1.165, 1.54) is 0 Å². The summed E-state index contributed by atoms with van der Waals surface area (Å²) in [6.45, 7) is 3.70. The molecule has 0 heterocycles. The number of allylic oxidation sites excluding steroid dienone is 4. The number of nitrogens with zero attached hydrogens (tertiary/aromatic N) is 1. The minimum absolute atomic E-state index is 0.312. The molecule has 4 nitrogen and oxygen atoms in total. The van der Waals surface area contributed by atoms with Crippen molar-refractivity contribution in [2.75, 3.05) is 7.11 Å². The standard InChI is InChI=1S/C21H21F4NO3/c1-5-6-11(8-26)7-14-15(21(14,2)3)20(27)29-10-13-18(24)16(22)12(9-28-4)17(23)19(13)25/h5-7,14-15H,9-10H2,1-4H3/b6-5+,11-7-/t14-,15+/m1/s1. The molecule has 0 saturated heterocycles. The number of halogens is 4. The van der Waals surface area contributed by atoms with Gasteiger partial charge in [0.25, 0.3) is 0 Å². The summed E-state index contributed by atoms with van der Waals surface area (Å²) in [5.41, 5.74) is -2.04. The molecule has 1 aliphatic rings. The van der Waals surface area contributed by atoms with Crippen molar-refractivity contribution in [1.82, 2.24) is 0 Å². The fraction of sp³-hybridized carbons (Fsp3) is 0.429. The van der Waals surface area contributed by atoms with Crippen LogP contribution >= 0.6 is 0 Å². The van der Waals surface area contributed by atoms with Crippen LogP contribution in [-0.2, 0) is 27.5 Å². The molecule has 1 saturated carbocycles. The van der Waals surface area contributed by atoms with E-state index >= 15 is 0 Å². The number of nitriles is 1. The largest absolute Gasteiger partial charge is 0.460 e. The van der Waals surface area contributed by atoms with Gasteiger partial charge in [0, 0.05) is 12.7 Å². The van der Waals surface area contributed by atoms with Crippen LogP contribution < -0.4 is 0 Å². The maximum atomic E-state index is 14.1. The Bertz CT molecular complexity index is 886. The molecule has 1 aromatic carbocycles. The van der Waals surface area contributed by atoms with E-state index < -0.39 is 64.9 Å². The highest BCUT2D eigenvalue weighted by Gasteiger charge is 2.61. The first-order valence-corrected chi connectivity index (χ1v) is 8.85. The molecule has 1 aromatic rings. The SMILES string of the molecule is C/C=C/C(C#N)=C/[C@@H]1[C@@H](C(=O)OCc2c(F)c(F)c(COC)c(F)c2F)C1(C)C. The number of hydrogen-bond donors (Lipinski definition) is 0. The lowest BCUT2D eigenvalue weighted by molar-refractivity contribution is -0.147. The van der Waals surface area contributed by atoms with E-state index in [9.17, 15) is 22.4 Å². The van der Waals surface area contributed by atoms with E-state index in [2.05, 4.69) is 4.74 Å². The van der Waals surface area contributed by atoms with Crippen LogP contribution in [0, 0.1) is 51.9 Å². The number of carbonyl (C=O) groups excluding carboxylic acids is 1. The highest BCUT2D eigenvalue weighted by atomic mass is 19.2. The summed E-state index contributed by atoms with van der Waals surface area (Å²) >= 11 is 0. The van der Waals surface area contributed by atoms with Gasteiger partial charge in [-0.15, -0.1) is 0 Å². The predicted octanol–water partition coefficient (Wildman–Crippen LogP) is 4.73. The van der Waals surface area contributed by atoms with E-state index in [1.54, 1.807) is 39.0 Å². The Morgan fingerprint density at radius 2 is 1.62 bits per heavy atom. The van der Waals surface area contributed by atoms with Gasteiger partial charge in [-0.2, -0.15) is 5.26 Å². The van der Waals surface area contributed by atoms with Gasteiger partial charge in [0.2, 0.25) is 0 Å². The van der Waals surface area contributed by atoms with Gasteiger partial charge in [-0.25, -0.2) is 17.6 Å². The molecule has 29 heavy (non-hydrogen) atoms. The molecular weight excluding hydrogens is 390 g/mol. The van der Waals surface area contributed by atoms with Gasteiger partial charge in [-0.1, -0.05) is 26.0 Å². The van der Waals surface area contributed by atoms with Gasteiger partial charge >= 0.3 is 5.97 Å². The first-order chi connectivity index (χ1) is 13.6. The second kappa shape index (κ2) is 8.78. The van der Waals surface area contributed by atoms with Gasteiger partial charge < -0.3 is 9.47 Å². The summed E-state index contributed by atoms with van der Waals surface area (Å²) < 4.78 is 65.7. The molecule has 0 aliphatic heterocycles. The van der Waals surface area contributed by atoms with Crippen LogP contribution in [0.3, 0.4) is 0 Å². The fourth-order valence-electron chi connectivity index (χ4n) is 3.30. The molecule has 1 fully saturated rings. The maximum Gasteiger partial charge on any atom is 0.310 e. The Kier molecular flexibility index (Phi) is 6.85. The van der Waals surface area contributed by atoms with Gasteiger partial charge in [0.1, 0.15) is 6.61 Å². The third-order valence-corrected chi connectivity index (χ3v) is 5.09. The maximum absolute atomic E-state index is 14.1. The lowest BCUT2D eigenvalue weighted by Crippen LogP contribution is -2.15. The minimum Gasteiger partial charge on any atom is -0.460 e. The van der Waals surface area contributed by atoms with Crippen LogP contribution in [-0.4, -0.2) is 13.1 Å². The molecule has 0 amide bonds. The zero-order valence-corrected chi connectivity index (χ0v) is 16.5. The highest BCUT2D eigenvalue weighted by Crippen LogP contribution is 2.60. The van der Waals surface area contributed by atoms with Crippen LogP contribution in [0.1, 0.15) is 31.9 Å². The summed E-state index contributed by atoms with van der Waals surface area (Å²) in [6.07, 6.45) is 4.90. The Hall–Kier alpha value is -2.66. The van der Waals surface area contributed by atoms with E-state index in [1.807, 2.05) is 6.07 Å². The van der Waals surface area contributed by atoms with Gasteiger partial charge in [0.05, 0.1) is 29.7 Å². The molecule has 0 N–H and O–H groups in total. The first kappa shape index (κ1) is 22.6. The molecule has 8 heteroatoms. The van der Waals surface area contributed by atoms with Crippen LogP contribution in [0.15, 0.2) is 23.8 Å². The number of esters is 1. The first-order valence-electron chi connectivity index (χ1n) is 8.85. The topological polar surface area (TPSA) is 59.3 Å². The third kappa shape index (κ3) is 4.35. The lowest BCUT2D eigenvalue weighted by Gasteiger charge is -2.12. The molecule has 0 radical (unpaired) electrons.